The summed E-state index contributed by atoms with van der Waals surface area (Å²) in [6.07, 6.45) is 18.8. The van der Waals surface area contributed by atoms with E-state index in [4.69, 9.17) is 9.47 Å². The molecular weight excluding hydrogens is 380 g/mol. The van der Waals surface area contributed by atoms with E-state index in [9.17, 15) is 14.7 Å². The molecule has 0 aliphatic heterocycles. The van der Waals surface area contributed by atoms with Crippen LogP contribution in [-0.2, 0) is 19.1 Å². The van der Waals surface area contributed by atoms with Crippen LogP contribution < -0.4 is 0 Å². The van der Waals surface area contributed by atoms with Gasteiger partial charge in [0.1, 0.15) is 6.61 Å². The van der Waals surface area contributed by atoms with Crippen LogP contribution in [0.25, 0.3) is 0 Å². The first-order valence-electron chi connectivity index (χ1n) is 12.6. The van der Waals surface area contributed by atoms with Crippen LogP contribution in [0.5, 0.6) is 0 Å². The van der Waals surface area contributed by atoms with Gasteiger partial charge in [-0.05, 0) is 12.8 Å². The Morgan fingerprint density at radius 1 is 0.633 bits per heavy atom. The molecule has 0 heterocycles. The summed E-state index contributed by atoms with van der Waals surface area (Å²) >= 11 is 0. The fraction of sp³-hybridized carbons (Fsp3) is 0.920. The van der Waals surface area contributed by atoms with Crippen LogP contribution in [0.1, 0.15) is 129 Å². The second kappa shape index (κ2) is 22.6. The van der Waals surface area contributed by atoms with Gasteiger partial charge in [-0.25, -0.2) is 0 Å². The van der Waals surface area contributed by atoms with E-state index in [-0.39, 0.29) is 25.2 Å². The number of esters is 2. The van der Waals surface area contributed by atoms with Gasteiger partial charge in [-0.15, -0.1) is 0 Å². The van der Waals surface area contributed by atoms with Gasteiger partial charge in [-0.2, -0.15) is 0 Å². The lowest BCUT2D eigenvalue weighted by molar-refractivity contribution is -0.161. The molecule has 5 heteroatoms. The van der Waals surface area contributed by atoms with Crippen LogP contribution >= 0.6 is 0 Å². The summed E-state index contributed by atoms with van der Waals surface area (Å²) in [4.78, 5) is 23.7. The molecule has 1 N–H and O–H groups in total. The second-order valence-corrected chi connectivity index (χ2v) is 8.43. The molecule has 0 amide bonds. The summed E-state index contributed by atoms with van der Waals surface area (Å²) in [5.74, 6) is -0.602. The molecule has 0 radical (unpaired) electrons. The van der Waals surface area contributed by atoms with E-state index < -0.39 is 6.10 Å². The lowest BCUT2D eigenvalue weighted by Gasteiger charge is -2.15. The smallest absolute Gasteiger partial charge is 0.306 e. The van der Waals surface area contributed by atoms with Crippen LogP contribution in [0.4, 0.5) is 0 Å². The minimum atomic E-state index is -0.755. The number of ether oxygens (including phenoxy) is 2. The maximum absolute atomic E-state index is 11.9. The highest BCUT2D eigenvalue weighted by atomic mass is 16.6. The van der Waals surface area contributed by atoms with Crippen molar-refractivity contribution in [3.8, 4) is 0 Å². The molecule has 0 rings (SSSR count). The lowest BCUT2D eigenvalue weighted by atomic mass is 10.1. The number of rotatable bonds is 22. The summed E-state index contributed by atoms with van der Waals surface area (Å²) in [7, 11) is 0. The van der Waals surface area contributed by atoms with E-state index in [1.165, 1.54) is 64.2 Å². The number of aliphatic hydroxyl groups is 1. The molecule has 0 aromatic heterocycles. The molecule has 0 spiro atoms. The zero-order valence-electron chi connectivity index (χ0n) is 19.8. The Balaban J connectivity index is 3.62. The Kier molecular flexibility index (Phi) is 21.8. The monoisotopic (exact) mass is 428 g/mol. The molecule has 30 heavy (non-hydrogen) atoms. The topological polar surface area (TPSA) is 72.8 Å². The van der Waals surface area contributed by atoms with Crippen LogP contribution in [0.3, 0.4) is 0 Å². The van der Waals surface area contributed by atoms with E-state index in [0.29, 0.717) is 12.8 Å². The number of unbranched alkanes of at least 4 members (excludes halogenated alkanes) is 14. The Bertz CT molecular complexity index is 397. The molecule has 0 saturated heterocycles. The Morgan fingerprint density at radius 3 is 1.47 bits per heavy atom. The van der Waals surface area contributed by atoms with Gasteiger partial charge in [-0.1, -0.05) is 104 Å². The van der Waals surface area contributed by atoms with Gasteiger partial charge in [0.15, 0.2) is 6.10 Å². The van der Waals surface area contributed by atoms with Crippen molar-refractivity contribution in [2.75, 3.05) is 13.2 Å². The van der Waals surface area contributed by atoms with Crippen molar-refractivity contribution in [3.05, 3.63) is 0 Å². The second-order valence-electron chi connectivity index (χ2n) is 8.43. The molecular formula is C25H48O5. The van der Waals surface area contributed by atoms with Gasteiger partial charge in [0, 0.05) is 12.8 Å². The summed E-state index contributed by atoms with van der Waals surface area (Å²) < 4.78 is 10.4. The van der Waals surface area contributed by atoms with E-state index in [1.807, 2.05) is 0 Å². The average Bonchev–Trinajstić information content (AvgIpc) is 2.74. The Hall–Kier alpha value is -1.10. The molecule has 0 aliphatic rings. The average molecular weight is 429 g/mol. The minimum absolute atomic E-state index is 0.0606. The van der Waals surface area contributed by atoms with E-state index in [2.05, 4.69) is 13.8 Å². The predicted molar refractivity (Wildman–Crippen MR) is 122 cm³/mol. The summed E-state index contributed by atoms with van der Waals surface area (Å²) in [6, 6.07) is 0. The third-order valence-electron chi connectivity index (χ3n) is 5.40. The van der Waals surface area contributed by atoms with Crippen molar-refractivity contribution < 1.29 is 24.2 Å². The van der Waals surface area contributed by atoms with Crippen LogP contribution in [0, 0.1) is 0 Å². The quantitative estimate of drug-likeness (QED) is 0.157. The predicted octanol–water partition coefficient (Wildman–Crippen LogP) is 6.50. The number of hydrogen-bond acceptors (Lipinski definition) is 5. The highest BCUT2D eigenvalue weighted by Gasteiger charge is 2.16. The molecule has 178 valence electrons. The first kappa shape index (κ1) is 28.9. The van der Waals surface area contributed by atoms with Gasteiger partial charge in [0.25, 0.3) is 0 Å². The summed E-state index contributed by atoms with van der Waals surface area (Å²) in [5.41, 5.74) is 0. The standard InChI is InChI=1S/C25H48O5/c1-3-5-7-9-11-12-13-14-16-18-20-25(28)30-23(21-26)22-29-24(27)19-17-15-10-8-6-4-2/h23,26H,3-22H2,1-2H3/t23-/m0/s1. The summed E-state index contributed by atoms with van der Waals surface area (Å²) in [5, 5.41) is 9.36. The number of aliphatic hydroxyl groups excluding tert-OH is 1. The maximum atomic E-state index is 11.9. The minimum Gasteiger partial charge on any atom is -0.462 e. The Labute approximate surface area is 185 Å². The fourth-order valence-electron chi connectivity index (χ4n) is 3.43. The number of carbonyl (C=O) groups excluding carboxylic acids is 2. The van der Waals surface area contributed by atoms with Crippen LogP contribution in [0.15, 0.2) is 0 Å². The van der Waals surface area contributed by atoms with E-state index >= 15 is 0 Å². The van der Waals surface area contributed by atoms with Gasteiger partial charge >= 0.3 is 11.9 Å². The molecule has 0 aromatic rings. The van der Waals surface area contributed by atoms with Crippen molar-refractivity contribution in [2.45, 2.75) is 136 Å². The molecule has 5 nitrogen and oxygen atoms in total. The molecule has 0 bridgehead atoms. The molecule has 0 saturated carbocycles. The first-order chi connectivity index (χ1) is 14.6. The van der Waals surface area contributed by atoms with Gasteiger partial charge < -0.3 is 14.6 Å². The number of hydrogen-bond donors (Lipinski definition) is 1. The molecule has 0 aromatic carbocycles. The molecule has 1 atom stereocenters. The van der Waals surface area contributed by atoms with Crippen molar-refractivity contribution in [3.63, 3.8) is 0 Å². The maximum Gasteiger partial charge on any atom is 0.306 e. The van der Waals surface area contributed by atoms with Gasteiger partial charge in [0.05, 0.1) is 6.61 Å². The van der Waals surface area contributed by atoms with Crippen molar-refractivity contribution in [1.29, 1.82) is 0 Å². The normalized spacial score (nSPS) is 12.0. The lowest BCUT2D eigenvalue weighted by Crippen LogP contribution is -2.28. The van der Waals surface area contributed by atoms with Gasteiger partial charge in [-0.3, -0.25) is 9.59 Å². The molecule has 0 unspecified atom stereocenters. The van der Waals surface area contributed by atoms with Crippen LogP contribution in [0.2, 0.25) is 0 Å². The number of carbonyl (C=O) groups is 2. The largest absolute Gasteiger partial charge is 0.462 e. The van der Waals surface area contributed by atoms with Crippen molar-refractivity contribution in [1.82, 2.24) is 0 Å². The van der Waals surface area contributed by atoms with E-state index in [1.54, 1.807) is 0 Å². The highest BCUT2D eigenvalue weighted by molar-refractivity contribution is 5.70. The molecule has 0 fully saturated rings. The highest BCUT2D eigenvalue weighted by Crippen LogP contribution is 2.12. The fourth-order valence-corrected chi connectivity index (χ4v) is 3.43. The third-order valence-corrected chi connectivity index (χ3v) is 5.40. The van der Waals surface area contributed by atoms with Crippen molar-refractivity contribution in [2.24, 2.45) is 0 Å². The third kappa shape index (κ3) is 20.2. The van der Waals surface area contributed by atoms with Gasteiger partial charge in [0.2, 0.25) is 0 Å². The van der Waals surface area contributed by atoms with E-state index in [0.717, 1.165) is 38.5 Å². The SMILES string of the molecule is CCCCCCCCCCCCC(=O)O[C@@H](CO)COC(=O)CCCCCCCC. The zero-order chi connectivity index (χ0) is 22.3. The molecule has 0 aliphatic carbocycles. The van der Waals surface area contributed by atoms with Crippen LogP contribution in [-0.4, -0.2) is 36.4 Å². The first-order valence-corrected chi connectivity index (χ1v) is 12.6. The summed E-state index contributed by atoms with van der Waals surface area (Å²) in [6.45, 7) is 4.03. The van der Waals surface area contributed by atoms with Crippen molar-refractivity contribution >= 4 is 11.9 Å². The Morgan fingerprint density at radius 2 is 1.03 bits per heavy atom. The zero-order valence-corrected chi connectivity index (χ0v) is 19.8.